The van der Waals surface area contributed by atoms with Crippen LogP contribution < -0.4 is 15.7 Å². The van der Waals surface area contributed by atoms with Crippen molar-refractivity contribution in [2.24, 2.45) is 0 Å². The number of fused-ring (bicyclic) bond motifs is 1. The summed E-state index contributed by atoms with van der Waals surface area (Å²) in [5.41, 5.74) is 1.44. The van der Waals surface area contributed by atoms with Gasteiger partial charge in [-0.3, -0.25) is 13.9 Å². The van der Waals surface area contributed by atoms with Gasteiger partial charge in [-0.05, 0) is 31.2 Å². The van der Waals surface area contributed by atoms with E-state index in [1.165, 1.54) is 22.8 Å². The van der Waals surface area contributed by atoms with Gasteiger partial charge in [-0.2, -0.15) is 13.2 Å². The number of imidazole rings is 1. The third-order valence-electron chi connectivity index (χ3n) is 4.36. The van der Waals surface area contributed by atoms with E-state index in [0.717, 1.165) is 11.0 Å². The van der Waals surface area contributed by atoms with Crippen LogP contribution in [-0.2, 0) is 17.9 Å². The number of aryl methyl sites for hydroxylation is 2. The number of nitrogens with one attached hydrogen (secondary N) is 1. The number of carbonyl (C=O) groups excluding carboxylic acids is 1. The lowest BCUT2D eigenvalue weighted by atomic mass is 10.2. The van der Waals surface area contributed by atoms with Gasteiger partial charge in [0.1, 0.15) is 5.75 Å². The zero-order valence-electron chi connectivity index (χ0n) is 15.7. The highest BCUT2D eigenvalue weighted by molar-refractivity contribution is 5.92. The van der Waals surface area contributed by atoms with Crippen LogP contribution in [-0.4, -0.2) is 27.8 Å². The summed E-state index contributed by atoms with van der Waals surface area (Å²) in [7, 11) is 0. The minimum atomic E-state index is -4.48. The predicted octanol–water partition coefficient (Wildman–Crippen LogP) is 3.79. The molecule has 3 rings (SSSR count). The smallest absolute Gasteiger partial charge is 0.422 e. The molecule has 0 spiro atoms. The van der Waals surface area contributed by atoms with E-state index >= 15 is 0 Å². The molecule has 2 aromatic carbocycles. The van der Waals surface area contributed by atoms with Crippen LogP contribution in [0.2, 0.25) is 0 Å². The van der Waals surface area contributed by atoms with Gasteiger partial charge < -0.3 is 10.1 Å². The largest absolute Gasteiger partial charge is 0.482 e. The fourth-order valence-electron chi connectivity index (χ4n) is 3.08. The molecule has 154 valence electrons. The molecule has 0 radical (unpaired) electrons. The minimum absolute atomic E-state index is 0.0226. The van der Waals surface area contributed by atoms with Gasteiger partial charge in [0.2, 0.25) is 5.91 Å². The quantitative estimate of drug-likeness (QED) is 0.648. The predicted molar refractivity (Wildman–Crippen MR) is 103 cm³/mol. The minimum Gasteiger partial charge on any atom is -0.482 e. The summed E-state index contributed by atoms with van der Waals surface area (Å²) < 4.78 is 45.1. The number of hydrogen-bond acceptors (Lipinski definition) is 3. The maximum atomic E-state index is 12.6. The van der Waals surface area contributed by atoms with Crippen LogP contribution in [0.25, 0.3) is 11.0 Å². The van der Waals surface area contributed by atoms with Crippen molar-refractivity contribution in [3.05, 3.63) is 59.0 Å². The SMILES string of the molecule is CCn1c(=O)n(CCC(=O)Nc2ccccc2OCC(F)(F)F)c2ccccc21. The van der Waals surface area contributed by atoms with Crippen molar-refractivity contribution >= 4 is 22.6 Å². The Morgan fingerprint density at radius 2 is 1.66 bits per heavy atom. The van der Waals surface area contributed by atoms with Crippen LogP contribution in [0.3, 0.4) is 0 Å². The standard InChI is InChI=1S/C20H20F3N3O3/c1-2-25-15-8-4-5-9-16(15)26(19(25)28)12-11-18(27)24-14-7-3-6-10-17(14)29-13-20(21,22)23/h3-10H,2,11-13H2,1H3,(H,24,27). The average molecular weight is 407 g/mol. The second kappa shape index (κ2) is 8.42. The highest BCUT2D eigenvalue weighted by atomic mass is 19.4. The highest BCUT2D eigenvalue weighted by Crippen LogP contribution is 2.26. The molecular formula is C20H20F3N3O3. The summed E-state index contributed by atoms with van der Waals surface area (Å²) in [6.45, 7) is 1.06. The molecule has 9 heteroatoms. The van der Waals surface area contributed by atoms with Gasteiger partial charge in [0.15, 0.2) is 6.61 Å². The van der Waals surface area contributed by atoms with E-state index in [1.807, 2.05) is 25.1 Å². The molecular weight excluding hydrogens is 387 g/mol. The fourth-order valence-corrected chi connectivity index (χ4v) is 3.08. The summed E-state index contributed by atoms with van der Waals surface area (Å²) in [6.07, 6.45) is -4.50. The van der Waals surface area contributed by atoms with Crippen LogP contribution in [0.4, 0.5) is 18.9 Å². The maximum absolute atomic E-state index is 12.6. The van der Waals surface area contributed by atoms with Crippen molar-refractivity contribution < 1.29 is 22.7 Å². The Labute approximate surface area is 164 Å². The molecule has 0 bridgehead atoms. The van der Waals surface area contributed by atoms with Gasteiger partial charge in [0.25, 0.3) is 0 Å². The number of aromatic nitrogens is 2. The van der Waals surface area contributed by atoms with Crippen LogP contribution in [0.5, 0.6) is 5.75 Å². The van der Waals surface area contributed by atoms with Crippen LogP contribution >= 0.6 is 0 Å². The van der Waals surface area contributed by atoms with Crippen molar-refractivity contribution in [3.8, 4) is 5.75 Å². The van der Waals surface area contributed by atoms with E-state index in [2.05, 4.69) is 5.32 Å². The van der Waals surface area contributed by atoms with Gasteiger partial charge in [-0.1, -0.05) is 24.3 Å². The van der Waals surface area contributed by atoms with Gasteiger partial charge >= 0.3 is 11.9 Å². The number of alkyl halides is 3. The summed E-state index contributed by atoms with van der Waals surface area (Å²) in [6, 6.07) is 13.2. The molecule has 1 N–H and O–H groups in total. The number of benzene rings is 2. The molecule has 0 unspecified atom stereocenters. The van der Waals surface area contributed by atoms with E-state index in [-0.39, 0.29) is 30.1 Å². The van der Waals surface area contributed by atoms with Gasteiger partial charge in [-0.25, -0.2) is 4.79 Å². The van der Waals surface area contributed by atoms with E-state index in [0.29, 0.717) is 6.54 Å². The molecule has 0 saturated heterocycles. The number of hydrogen-bond donors (Lipinski definition) is 1. The second-order valence-electron chi connectivity index (χ2n) is 6.37. The first-order chi connectivity index (χ1) is 13.8. The molecule has 0 aliphatic carbocycles. The van der Waals surface area contributed by atoms with E-state index in [4.69, 9.17) is 4.74 Å². The monoisotopic (exact) mass is 407 g/mol. The first-order valence-corrected chi connectivity index (χ1v) is 9.06. The Bertz CT molecular complexity index is 1070. The Hall–Kier alpha value is -3.23. The van der Waals surface area contributed by atoms with E-state index in [1.54, 1.807) is 16.7 Å². The number of nitrogens with zero attached hydrogens (tertiary/aromatic N) is 2. The maximum Gasteiger partial charge on any atom is 0.422 e. The molecule has 0 fully saturated rings. The van der Waals surface area contributed by atoms with Gasteiger partial charge in [0.05, 0.1) is 16.7 Å². The summed E-state index contributed by atoms with van der Waals surface area (Å²) in [4.78, 5) is 24.9. The topological polar surface area (TPSA) is 65.3 Å². The Morgan fingerprint density at radius 3 is 2.31 bits per heavy atom. The molecule has 1 amide bonds. The number of rotatable bonds is 7. The molecule has 0 atom stereocenters. The lowest BCUT2D eigenvalue weighted by molar-refractivity contribution is -0.153. The van der Waals surface area contributed by atoms with E-state index < -0.39 is 18.7 Å². The molecule has 0 aliphatic rings. The van der Waals surface area contributed by atoms with Crippen molar-refractivity contribution in [1.29, 1.82) is 0 Å². The zero-order valence-corrected chi connectivity index (χ0v) is 15.7. The fraction of sp³-hybridized carbons (Fsp3) is 0.300. The average Bonchev–Trinajstić information content (AvgIpc) is 2.95. The van der Waals surface area contributed by atoms with Crippen LogP contribution in [0, 0.1) is 0 Å². The third-order valence-corrected chi connectivity index (χ3v) is 4.36. The second-order valence-corrected chi connectivity index (χ2v) is 6.37. The molecule has 0 aliphatic heterocycles. The molecule has 6 nitrogen and oxygen atoms in total. The first kappa shape index (κ1) is 20.5. The van der Waals surface area contributed by atoms with Crippen LogP contribution in [0.15, 0.2) is 53.3 Å². The van der Waals surface area contributed by atoms with Crippen molar-refractivity contribution in [2.45, 2.75) is 32.6 Å². The number of para-hydroxylation sites is 4. The Balaban J connectivity index is 1.71. The van der Waals surface area contributed by atoms with Gasteiger partial charge in [-0.15, -0.1) is 0 Å². The number of carbonyl (C=O) groups is 1. The van der Waals surface area contributed by atoms with E-state index in [9.17, 15) is 22.8 Å². The normalized spacial score (nSPS) is 11.6. The number of anilines is 1. The number of halogens is 3. The molecule has 3 aromatic rings. The third kappa shape index (κ3) is 4.79. The summed E-state index contributed by atoms with van der Waals surface area (Å²) in [5.74, 6) is -0.508. The molecule has 29 heavy (non-hydrogen) atoms. The lowest BCUT2D eigenvalue weighted by Crippen LogP contribution is -2.26. The van der Waals surface area contributed by atoms with Crippen molar-refractivity contribution in [1.82, 2.24) is 9.13 Å². The highest BCUT2D eigenvalue weighted by Gasteiger charge is 2.28. The summed E-state index contributed by atoms with van der Waals surface area (Å²) >= 11 is 0. The Kier molecular flexibility index (Phi) is 5.95. The lowest BCUT2D eigenvalue weighted by Gasteiger charge is -2.13. The first-order valence-electron chi connectivity index (χ1n) is 9.06. The molecule has 1 heterocycles. The summed E-state index contributed by atoms with van der Waals surface area (Å²) in [5, 5.41) is 2.55. The number of ether oxygens (including phenoxy) is 1. The zero-order chi connectivity index (χ0) is 21.0. The van der Waals surface area contributed by atoms with Gasteiger partial charge in [0, 0.05) is 19.5 Å². The van der Waals surface area contributed by atoms with Crippen LogP contribution in [0.1, 0.15) is 13.3 Å². The Morgan fingerprint density at radius 1 is 1.03 bits per heavy atom. The van der Waals surface area contributed by atoms with Crippen molar-refractivity contribution in [2.75, 3.05) is 11.9 Å². The molecule has 0 saturated carbocycles. The molecule has 1 aromatic heterocycles. The van der Waals surface area contributed by atoms with Crippen molar-refractivity contribution in [3.63, 3.8) is 0 Å². The number of amides is 1.